The van der Waals surface area contributed by atoms with Gasteiger partial charge in [0.25, 0.3) is 5.91 Å². The molecule has 0 aromatic carbocycles. The molecule has 0 unspecified atom stereocenters. The van der Waals surface area contributed by atoms with Gasteiger partial charge in [0.2, 0.25) is 0 Å². The van der Waals surface area contributed by atoms with Crippen molar-refractivity contribution >= 4 is 17.2 Å². The van der Waals surface area contributed by atoms with Crippen molar-refractivity contribution in [2.45, 2.75) is 26.8 Å². The van der Waals surface area contributed by atoms with Crippen molar-refractivity contribution < 1.29 is 13.6 Å². The molecule has 0 saturated carbocycles. The molecule has 0 spiro atoms. The topological polar surface area (TPSA) is 29.1 Å². The minimum Gasteiger partial charge on any atom is -0.346 e. The summed E-state index contributed by atoms with van der Waals surface area (Å²) in [4.78, 5) is 12.6. The molecular weight excluding hydrogens is 208 g/mol. The van der Waals surface area contributed by atoms with Gasteiger partial charge in [-0.1, -0.05) is 0 Å². The van der Waals surface area contributed by atoms with Gasteiger partial charge in [-0.15, -0.1) is 11.3 Å². The van der Waals surface area contributed by atoms with E-state index < -0.39 is 12.3 Å². The molecule has 5 heteroatoms. The second-order valence-corrected chi connectivity index (χ2v) is 4.31. The Hall–Kier alpha value is -0.970. The number of aryl methyl sites for hydroxylation is 2. The molecule has 0 aliphatic heterocycles. The highest BCUT2D eigenvalue weighted by atomic mass is 32.1. The van der Waals surface area contributed by atoms with Crippen molar-refractivity contribution in [3.05, 3.63) is 21.4 Å². The molecule has 0 atom stereocenters. The number of amides is 1. The monoisotopic (exact) mass is 219 g/mol. The predicted molar refractivity (Wildman–Crippen MR) is 51.6 cm³/mol. The fourth-order valence-electron chi connectivity index (χ4n) is 0.988. The molecule has 0 bridgehead atoms. The highest BCUT2D eigenvalue weighted by Gasteiger charge is 2.14. The first-order valence-electron chi connectivity index (χ1n) is 4.12. The minimum atomic E-state index is -2.93. The third-order valence-corrected chi connectivity index (χ3v) is 3.00. The predicted octanol–water partition coefficient (Wildman–Crippen LogP) is 2.25. The summed E-state index contributed by atoms with van der Waals surface area (Å²) in [5.41, 5.74) is 1.12. The van der Waals surface area contributed by atoms with Crippen LogP contribution in [0.1, 0.15) is 15.3 Å². The second kappa shape index (κ2) is 4.50. The largest absolute Gasteiger partial charge is 0.346 e. The fourth-order valence-corrected chi connectivity index (χ4v) is 1.98. The second-order valence-electron chi connectivity index (χ2n) is 2.97. The Labute approximate surface area is 84.9 Å². The summed E-state index contributed by atoms with van der Waals surface area (Å²) >= 11 is 1.51. The van der Waals surface area contributed by atoms with Gasteiger partial charge in [-0.25, -0.2) is 0 Å². The molecule has 0 aliphatic rings. The summed E-state index contributed by atoms with van der Waals surface area (Å²) in [6.45, 7) is 4.09. The van der Waals surface area contributed by atoms with Crippen LogP contribution in [0.15, 0.2) is 6.07 Å². The zero-order chi connectivity index (χ0) is 10.7. The minimum absolute atomic E-state index is 0.183. The van der Waals surface area contributed by atoms with E-state index in [2.05, 4.69) is 5.32 Å². The molecule has 1 amide bonds. The van der Waals surface area contributed by atoms with Gasteiger partial charge in [-0.3, -0.25) is 4.79 Å². The normalized spacial score (nSPS) is 10.6. The molecule has 14 heavy (non-hydrogen) atoms. The summed E-state index contributed by atoms with van der Waals surface area (Å²) in [6, 6.07) is 1.89. The molecule has 1 rings (SSSR count). The van der Waals surface area contributed by atoms with E-state index in [1.165, 1.54) is 11.3 Å². The number of carbonyl (C=O) groups excluding carboxylic acids is 1. The van der Waals surface area contributed by atoms with E-state index in [0.717, 1.165) is 15.3 Å². The van der Waals surface area contributed by atoms with Gasteiger partial charge in [0.15, 0.2) is 0 Å². The van der Waals surface area contributed by atoms with Crippen LogP contribution >= 0.6 is 11.3 Å². The smallest absolute Gasteiger partial charge is 0.315 e. The average Bonchev–Trinajstić information content (AvgIpc) is 2.42. The molecule has 0 saturated heterocycles. The fraction of sp³-hybridized carbons (Fsp3) is 0.444. The van der Waals surface area contributed by atoms with E-state index in [9.17, 15) is 13.6 Å². The van der Waals surface area contributed by atoms with Crippen molar-refractivity contribution in [1.29, 1.82) is 0 Å². The number of carbonyl (C=O) groups is 1. The molecule has 1 N–H and O–H groups in total. The number of nitrogens with one attached hydrogen (secondary N) is 1. The molecule has 0 aliphatic carbocycles. The van der Waals surface area contributed by atoms with Gasteiger partial charge < -0.3 is 5.32 Å². The quantitative estimate of drug-likeness (QED) is 0.830. The van der Waals surface area contributed by atoms with Gasteiger partial charge in [0.05, 0.1) is 6.54 Å². The van der Waals surface area contributed by atoms with Crippen LogP contribution in [-0.2, 0) is 11.3 Å². The lowest BCUT2D eigenvalue weighted by molar-refractivity contribution is -0.131. The van der Waals surface area contributed by atoms with Gasteiger partial charge in [0, 0.05) is 9.75 Å². The summed E-state index contributed by atoms with van der Waals surface area (Å²) in [7, 11) is 0. The SMILES string of the molecule is Cc1cc(CNC(=O)C(F)F)sc1C. The Morgan fingerprint density at radius 3 is 2.64 bits per heavy atom. The molecule has 0 fully saturated rings. The van der Waals surface area contributed by atoms with E-state index >= 15 is 0 Å². The van der Waals surface area contributed by atoms with Crippen molar-refractivity contribution in [2.75, 3.05) is 0 Å². The first kappa shape index (κ1) is 11.1. The first-order chi connectivity index (χ1) is 6.50. The number of alkyl halides is 2. The number of thiophene rings is 1. The van der Waals surface area contributed by atoms with E-state index in [4.69, 9.17) is 0 Å². The van der Waals surface area contributed by atoms with Crippen molar-refractivity contribution in [1.82, 2.24) is 5.32 Å². The number of rotatable bonds is 3. The summed E-state index contributed by atoms with van der Waals surface area (Å²) < 4.78 is 23.6. The van der Waals surface area contributed by atoms with Crippen LogP contribution in [0.4, 0.5) is 8.78 Å². The van der Waals surface area contributed by atoms with Crippen LogP contribution in [-0.4, -0.2) is 12.3 Å². The maximum Gasteiger partial charge on any atom is 0.315 e. The highest BCUT2D eigenvalue weighted by Crippen LogP contribution is 2.20. The van der Waals surface area contributed by atoms with E-state index in [-0.39, 0.29) is 6.54 Å². The molecule has 2 nitrogen and oxygen atoms in total. The molecule has 78 valence electrons. The maximum absolute atomic E-state index is 11.8. The van der Waals surface area contributed by atoms with Crippen LogP contribution < -0.4 is 5.32 Å². The Morgan fingerprint density at radius 1 is 1.57 bits per heavy atom. The van der Waals surface area contributed by atoms with Gasteiger partial charge >= 0.3 is 6.43 Å². The van der Waals surface area contributed by atoms with Crippen molar-refractivity contribution in [3.8, 4) is 0 Å². The van der Waals surface area contributed by atoms with Crippen LogP contribution in [0.25, 0.3) is 0 Å². The van der Waals surface area contributed by atoms with Crippen LogP contribution in [0.3, 0.4) is 0 Å². The number of hydrogen-bond donors (Lipinski definition) is 1. The summed E-state index contributed by atoms with van der Waals surface area (Å²) in [6.07, 6.45) is -2.93. The summed E-state index contributed by atoms with van der Waals surface area (Å²) in [5, 5.41) is 2.16. The molecule has 1 aromatic heterocycles. The zero-order valence-corrected chi connectivity index (χ0v) is 8.75. The standard InChI is InChI=1S/C9H11F2NOS/c1-5-3-7(14-6(5)2)4-12-9(13)8(10)11/h3,8H,4H2,1-2H3,(H,12,13). The van der Waals surface area contributed by atoms with Gasteiger partial charge in [-0.05, 0) is 25.5 Å². The maximum atomic E-state index is 11.8. The average molecular weight is 219 g/mol. The van der Waals surface area contributed by atoms with Crippen molar-refractivity contribution in [3.63, 3.8) is 0 Å². The molecule has 0 radical (unpaired) electrons. The lowest BCUT2D eigenvalue weighted by Gasteiger charge is -2.00. The Kier molecular flexibility index (Phi) is 3.57. The summed E-state index contributed by atoms with van der Waals surface area (Å²) in [5.74, 6) is -1.21. The van der Waals surface area contributed by atoms with E-state index in [1.807, 2.05) is 19.9 Å². The van der Waals surface area contributed by atoms with Crippen LogP contribution in [0.5, 0.6) is 0 Å². The van der Waals surface area contributed by atoms with Crippen molar-refractivity contribution in [2.24, 2.45) is 0 Å². The highest BCUT2D eigenvalue weighted by molar-refractivity contribution is 7.12. The Morgan fingerprint density at radius 2 is 2.21 bits per heavy atom. The van der Waals surface area contributed by atoms with E-state index in [0.29, 0.717) is 0 Å². The third-order valence-electron chi connectivity index (χ3n) is 1.85. The Bertz CT molecular complexity index is 316. The number of hydrogen-bond acceptors (Lipinski definition) is 2. The third kappa shape index (κ3) is 2.77. The number of halogens is 2. The Balaban J connectivity index is 2.50. The van der Waals surface area contributed by atoms with Crippen LogP contribution in [0.2, 0.25) is 0 Å². The van der Waals surface area contributed by atoms with E-state index in [1.54, 1.807) is 0 Å². The molecular formula is C9H11F2NOS. The van der Waals surface area contributed by atoms with Gasteiger partial charge in [-0.2, -0.15) is 8.78 Å². The lowest BCUT2D eigenvalue weighted by atomic mass is 10.3. The zero-order valence-electron chi connectivity index (χ0n) is 7.93. The molecule has 1 heterocycles. The molecule has 1 aromatic rings. The first-order valence-corrected chi connectivity index (χ1v) is 4.94. The van der Waals surface area contributed by atoms with Gasteiger partial charge in [0.1, 0.15) is 0 Å². The lowest BCUT2D eigenvalue weighted by Crippen LogP contribution is -2.28. The van der Waals surface area contributed by atoms with Crippen LogP contribution in [0, 0.1) is 13.8 Å².